The van der Waals surface area contributed by atoms with Crippen LogP contribution in [0.4, 0.5) is 0 Å². The van der Waals surface area contributed by atoms with E-state index in [0.29, 0.717) is 23.1 Å². The number of carboxylic acids is 1. The Labute approximate surface area is 151 Å². The van der Waals surface area contributed by atoms with Crippen molar-refractivity contribution in [3.63, 3.8) is 0 Å². The molecular weight excluding hydrogens is 344 g/mol. The molecule has 0 aliphatic heterocycles. The number of hydrogen-bond donors (Lipinski definition) is 2. The Balaban J connectivity index is 1.82. The zero-order chi connectivity index (χ0) is 18.4. The maximum absolute atomic E-state index is 11.9. The van der Waals surface area contributed by atoms with Gasteiger partial charge in [-0.15, -0.1) is 0 Å². The van der Waals surface area contributed by atoms with E-state index in [1.54, 1.807) is 37.1 Å². The van der Waals surface area contributed by atoms with E-state index >= 15 is 0 Å². The molecule has 7 heteroatoms. The Hall–Kier alpha value is -2.31. The fourth-order valence-electron chi connectivity index (χ4n) is 2.34. The minimum Gasteiger partial charge on any atom is -0.481 e. The number of rotatable bonds is 8. The van der Waals surface area contributed by atoms with Gasteiger partial charge in [-0.2, -0.15) is 0 Å². The number of nitrogens with one attached hydrogen (secondary N) is 1. The van der Waals surface area contributed by atoms with Crippen LogP contribution < -0.4 is 5.32 Å². The van der Waals surface area contributed by atoms with Crippen molar-refractivity contribution < 1.29 is 19.1 Å². The molecule has 2 aromatic rings. The quantitative estimate of drug-likeness (QED) is 0.752. The molecular formula is C18H21ClN2O4. The molecule has 25 heavy (non-hydrogen) atoms. The molecule has 1 aromatic carbocycles. The molecule has 0 aliphatic rings. The maximum Gasteiger partial charge on any atom is 0.307 e. The summed E-state index contributed by atoms with van der Waals surface area (Å²) in [4.78, 5) is 24.4. The normalized spacial score (nSPS) is 12.2. The Kier molecular flexibility index (Phi) is 6.61. The van der Waals surface area contributed by atoms with Gasteiger partial charge in [0.1, 0.15) is 11.5 Å². The first-order chi connectivity index (χ1) is 11.8. The summed E-state index contributed by atoms with van der Waals surface area (Å²) in [6, 6.07) is 10.9. The summed E-state index contributed by atoms with van der Waals surface area (Å²) >= 11 is 5.86. The third kappa shape index (κ3) is 5.92. The number of likely N-dealkylation sites (N-methyl/N-ethyl adjacent to an activating group) is 1. The standard InChI is InChI=1S/C18H21ClN2O4/c1-12(18(23)24)10-21(2)11-17(22)20-9-15-7-8-16(25-15)13-3-5-14(19)6-4-13/h3-8,12H,9-11H2,1-2H3,(H,20,22)(H,23,24). The van der Waals surface area contributed by atoms with Crippen LogP contribution >= 0.6 is 11.6 Å². The number of furan rings is 1. The monoisotopic (exact) mass is 364 g/mol. The van der Waals surface area contributed by atoms with Gasteiger partial charge in [0.2, 0.25) is 5.91 Å². The number of carbonyl (C=O) groups excluding carboxylic acids is 1. The molecule has 0 spiro atoms. The summed E-state index contributed by atoms with van der Waals surface area (Å²) in [5, 5.41) is 12.3. The van der Waals surface area contributed by atoms with Crippen LogP contribution in [0.15, 0.2) is 40.8 Å². The van der Waals surface area contributed by atoms with Crippen molar-refractivity contribution in [1.29, 1.82) is 0 Å². The van der Waals surface area contributed by atoms with Crippen LogP contribution in [0.25, 0.3) is 11.3 Å². The van der Waals surface area contributed by atoms with E-state index in [4.69, 9.17) is 21.1 Å². The second-order valence-electron chi connectivity index (χ2n) is 5.99. The van der Waals surface area contributed by atoms with Crippen LogP contribution in [-0.2, 0) is 16.1 Å². The van der Waals surface area contributed by atoms with Gasteiger partial charge in [0, 0.05) is 17.1 Å². The van der Waals surface area contributed by atoms with E-state index in [9.17, 15) is 9.59 Å². The molecule has 0 fully saturated rings. The molecule has 2 N–H and O–H groups in total. The maximum atomic E-state index is 11.9. The van der Waals surface area contributed by atoms with E-state index in [0.717, 1.165) is 5.56 Å². The van der Waals surface area contributed by atoms with E-state index in [2.05, 4.69) is 5.32 Å². The first-order valence-corrected chi connectivity index (χ1v) is 8.25. The number of nitrogens with zero attached hydrogens (tertiary/aromatic N) is 1. The molecule has 1 unspecified atom stereocenters. The first kappa shape index (κ1) is 19.0. The lowest BCUT2D eigenvalue weighted by atomic mass is 10.2. The van der Waals surface area contributed by atoms with Crippen LogP contribution in [0.5, 0.6) is 0 Å². The molecule has 2 rings (SSSR count). The van der Waals surface area contributed by atoms with Crippen LogP contribution in [0.1, 0.15) is 12.7 Å². The Bertz CT molecular complexity index is 727. The molecule has 134 valence electrons. The van der Waals surface area contributed by atoms with Crippen molar-refractivity contribution in [1.82, 2.24) is 10.2 Å². The SMILES string of the molecule is CC(CN(C)CC(=O)NCc1ccc(-c2ccc(Cl)cc2)o1)C(=O)O. The molecule has 1 heterocycles. The smallest absolute Gasteiger partial charge is 0.307 e. The number of benzene rings is 1. The molecule has 0 bridgehead atoms. The lowest BCUT2D eigenvalue weighted by Gasteiger charge is -2.18. The zero-order valence-electron chi connectivity index (χ0n) is 14.2. The van der Waals surface area contributed by atoms with Gasteiger partial charge in [-0.1, -0.05) is 18.5 Å². The van der Waals surface area contributed by atoms with Crippen molar-refractivity contribution in [2.24, 2.45) is 5.92 Å². The largest absolute Gasteiger partial charge is 0.481 e. The van der Waals surface area contributed by atoms with Crippen molar-refractivity contribution in [3.8, 4) is 11.3 Å². The highest BCUT2D eigenvalue weighted by atomic mass is 35.5. The highest BCUT2D eigenvalue weighted by Crippen LogP contribution is 2.23. The van der Waals surface area contributed by atoms with Gasteiger partial charge in [-0.3, -0.25) is 14.5 Å². The molecule has 1 aromatic heterocycles. The highest BCUT2D eigenvalue weighted by molar-refractivity contribution is 6.30. The molecule has 1 atom stereocenters. The number of amides is 1. The minimum absolute atomic E-state index is 0.127. The van der Waals surface area contributed by atoms with E-state index in [1.807, 2.05) is 18.2 Å². The van der Waals surface area contributed by atoms with Crippen LogP contribution in [0, 0.1) is 5.92 Å². The average molecular weight is 365 g/mol. The third-order valence-corrected chi connectivity index (χ3v) is 3.92. The number of hydrogen-bond acceptors (Lipinski definition) is 4. The summed E-state index contributed by atoms with van der Waals surface area (Å²) < 4.78 is 5.71. The van der Waals surface area contributed by atoms with Crippen molar-refractivity contribution >= 4 is 23.5 Å². The van der Waals surface area contributed by atoms with Gasteiger partial charge in [0.05, 0.1) is 19.0 Å². The summed E-state index contributed by atoms with van der Waals surface area (Å²) in [5.41, 5.74) is 0.907. The number of carboxylic acid groups (broad SMARTS) is 1. The Morgan fingerprint density at radius 3 is 2.56 bits per heavy atom. The van der Waals surface area contributed by atoms with E-state index in [-0.39, 0.29) is 19.0 Å². The molecule has 0 radical (unpaired) electrons. The minimum atomic E-state index is -0.877. The Morgan fingerprint density at radius 2 is 1.92 bits per heavy atom. The van der Waals surface area contributed by atoms with E-state index < -0.39 is 11.9 Å². The topological polar surface area (TPSA) is 82.8 Å². The van der Waals surface area contributed by atoms with Gasteiger partial charge in [0.25, 0.3) is 0 Å². The summed E-state index contributed by atoms with van der Waals surface area (Å²) in [6.45, 7) is 2.32. The van der Waals surface area contributed by atoms with Crippen molar-refractivity contribution in [2.45, 2.75) is 13.5 Å². The predicted octanol–water partition coefficient (Wildman–Crippen LogP) is 2.87. The average Bonchev–Trinajstić information content (AvgIpc) is 3.02. The third-order valence-electron chi connectivity index (χ3n) is 3.67. The molecule has 0 aliphatic carbocycles. The lowest BCUT2D eigenvalue weighted by molar-refractivity contribution is -0.142. The summed E-state index contributed by atoms with van der Waals surface area (Å²) in [7, 11) is 1.71. The van der Waals surface area contributed by atoms with E-state index in [1.165, 1.54) is 0 Å². The number of halogens is 1. The molecule has 0 saturated heterocycles. The lowest BCUT2D eigenvalue weighted by Crippen LogP contribution is -2.37. The van der Waals surface area contributed by atoms with Crippen LogP contribution in [-0.4, -0.2) is 42.0 Å². The molecule has 1 amide bonds. The number of aliphatic carboxylic acids is 1. The summed E-state index contributed by atoms with van der Waals surface area (Å²) in [5.74, 6) is -0.250. The predicted molar refractivity (Wildman–Crippen MR) is 95.3 cm³/mol. The van der Waals surface area contributed by atoms with Gasteiger partial charge in [-0.05, 0) is 43.4 Å². The summed E-state index contributed by atoms with van der Waals surface area (Å²) in [6.07, 6.45) is 0. The molecule has 0 saturated carbocycles. The zero-order valence-corrected chi connectivity index (χ0v) is 14.9. The van der Waals surface area contributed by atoms with Crippen molar-refractivity contribution in [3.05, 3.63) is 47.2 Å². The van der Waals surface area contributed by atoms with Crippen molar-refractivity contribution in [2.75, 3.05) is 20.1 Å². The fourth-order valence-corrected chi connectivity index (χ4v) is 2.47. The van der Waals surface area contributed by atoms with Gasteiger partial charge < -0.3 is 14.8 Å². The first-order valence-electron chi connectivity index (χ1n) is 7.88. The van der Waals surface area contributed by atoms with Gasteiger partial charge in [-0.25, -0.2) is 0 Å². The fraction of sp³-hybridized carbons (Fsp3) is 0.333. The van der Waals surface area contributed by atoms with Gasteiger partial charge >= 0.3 is 5.97 Å². The molecule has 6 nitrogen and oxygen atoms in total. The van der Waals surface area contributed by atoms with Gasteiger partial charge in [0.15, 0.2) is 0 Å². The second kappa shape index (κ2) is 8.69. The van der Waals surface area contributed by atoms with Crippen LogP contribution in [0.3, 0.4) is 0 Å². The van der Waals surface area contributed by atoms with Crippen LogP contribution in [0.2, 0.25) is 5.02 Å². The number of carbonyl (C=O) groups is 2. The highest BCUT2D eigenvalue weighted by Gasteiger charge is 2.15. The Morgan fingerprint density at radius 1 is 1.24 bits per heavy atom. The second-order valence-corrected chi connectivity index (χ2v) is 6.42.